The third-order valence-corrected chi connectivity index (χ3v) is 4.20. The van der Waals surface area contributed by atoms with Crippen molar-refractivity contribution in [2.75, 3.05) is 23.3 Å². The number of carbonyl (C=O) groups is 1. The van der Waals surface area contributed by atoms with Crippen molar-refractivity contribution < 1.29 is 9.72 Å². The zero-order valence-corrected chi connectivity index (χ0v) is 13.9. The molecule has 2 N–H and O–H groups in total. The molecule has 3 rings (SSSR count). The number of carbonyl (C=O) groups excluding carboxylic acids is 1. The molecule has 2 amide bonds. The van der Waals surface area contributed by atoms with Crippen molar-refractivity contribution in [3.63, 3.8) is 0 Å². The number of anilines is 2. The van der Waals surface area contributed by atoms with Gasteiger partial charge in [-0.1, -0.05) is 18.2 Å². The molecule has 2 aromatic rings. The molecule has 0 radical (unpaired) electrons. The molecule has 2 aromatic carbocycles. The maximum atomic E-state index is 12.0. The SMILES string of the molecule is CC(Nc1cccc(N2CCCNC2=O)c1)c1cccc([N+](=O)[O-])c1. The number of rotatable bonds is 5. The number of hydrogen-bond acceptors (Lipinski definition) is 4. The molecular weight excluding hydrogens is 320 g/mol. The Morgan fingerprint density at radius 3 is 2.80 bits per heavy atom. The largest absolute Gasteiger partial charge is 0.378 e. The lowest BCUT2D eigenvalue weighted by Crippen LogP contribution is -2.46. The molecule has 0 aliphatic carbocycles. The fourth-order valence-electron chi connectivity index (χ4n) is 2.88. The summed E-state index contributed by atoms with van der Waals surface area (Å²) in [5.41, 5.74) is 2.59. The summed E-state index contributed by atoms with van der Waals surface area (Å²) in [6.07, 6.45) is 0.910. The van der Waals surface area contributed by atoms with Gasteiger partial charge in [-0.3, -0.25) is 15.0 Å². The van der Waals surface area contributed by atoms with Crippen LogP contribution >= 0.6 is 0 Å². The van der Waals surface area contributed by atoms with Crippen molar-refractivity contribution in [3.05, 3.63) is 64.2 Å². The van der Waals surface area contributed by atoms with E-state index in [1.165, 1.54) is 6.07 Å². The van der Waals surface area contributed by atoms with E-state index in [0.717, 1.165) is 23.4 Å². The van der Waals surface area contributed by atoms with E-state index >= 15 is 0 Å². The minimum atomic E-state index is -0.397. The molecule has 0 bridgehead atoms. The summed E-state index contributed by atoms with van der Waals surface area (Å²) < 4.78 is 0. The maximum Gasteiger partial charge on any atom is 0.321 e. The lowest BCUT2D eigenvalue weighted by molar-refractivity contribution is -0.384. The Kier molecular flexibility index (Phi) is 4.83. The number of nitrogens with zero attached hydrogens (tertiary/aromatic N) is 2. The zero-order chi connectivity index (χ0) is 17.8. The van der Waals surface area contributed by atoms with Crippen molar-refractivity contribution in [1.82, 2.24) is 5.32 Å². The molecule has 25 heavy (non-hydrogen) atoms. The number of nitrogens with one attached hydrogen (secondary N) is 2. The summed E-state index contributed by atoms with van der Waals surface area (Å²) >= 11 is 0. The van der Waals surface area contributed by atoms with Crippen LogP contribution < -0.4 is 15.5 Å². The number of non-ortho nitro benzene ring substituents is 1. The number of nitro groups is 1. The van der Waals surface area contributed by atoms with E-state index in [-0.39, 0.29) is 17.8 Å². The monoisotopic (exact) mass is 340 g/mol. The Morgan fingerprint density at radius 1 is 1.24 bits per heavy atom. The summed E-state index contributed by atoms with van der Waals surface area (Å²) in [4.78, 5) is 24.2. The Hall–Kier alpha value is -3.09. The standard InChI is InChI=1S/C18H20N4O3/c1-13(14-5-2-8-17(11-14)22(24)25)20-15-6-3-7-16(12-15)21-10-4-9-19-18(21)23/h2-3,5-8,11-13,20H,4,9-10H2,1H3,(H,19,23). The van der Waals surface area contributed by atoms with Gasteiger partial charge in [0.2, 0.25) is 0 Å². The van der Waals surface area contributed by atoms with Gasteiger partial charge >= 0.3 is 6.03 Å². The Morgan fingerprint density at radius 2 is 2.04 bits per heavy atom. The third kappa shape index (κ3) is 3.88. The highest BCUT2D eigenvalue weighted by Gasteiger charge is 2.19. The van der Waals surface area contributed by atoms with Crippen LogP contribution in [0.5, 0.6) is 0 Å². The number of urea groups is 1. The van der Waals surface area contributed by atoms with Crippen molar-refractivity contribution in [3.8, 4) is 0 Å². The second-order valence-corrected chi connectivity index (χ2v) is 6.01. The topological polar surface area (TPSA) is 87.5 Å². The van der Waals surface area contributed by atoms with Gasteiger partial charge in [-0.2, -0.15) is 0 Å². The third-order valence-electron chi connectivity index (χ3n) is 4.20. The fraction of sp³-hybridized carbons (Fsp3) is 0.278. The fourth-order valence-corrected chi connectivity index (χ4v) is 2.88. The van der Waals surface area contributed by atoms with Crippen molar-refractivity contribution in [1.29, 1.82) is 0 Å². The molecular formula is C18H20N4O3. The van der Waals surface area contributed by atoms with Gasteiger partial charge < -0.3 is 10.6 Å². The summed E-state index contributed by atoms with van der Waals surface area (Å²) in [6.45, 7) is 3.34. The van der Waals surface area contributed by atoms with Gasteiger partial charge in [0.1, 0.15) is 0 Å². The van der Waals surface area contributed by atoms with Crippen molar-refractivity contribution in [2.24, 2.45) is 0 Å². The van der Waals surface area contributed by atoms with Gasteiger partial charge in [-0.05, 0) is 37.1 Å². The summed E-state index contributed by atoms with van der Waals surface area (Å²) in [5.74, 6) is 0. The first-order valence-corrected chi connectivity index (χ1v) is 8.21. The second kappa shape index (κ2) is 7.21. The van der Waals surface area contributed by atoms with Crippen LogP contribution in [0.1, 0.15) is 24.9 Å². The van der Waals surface area contributed by atoms with Crippen LogP contribution in [0.25, 0.3) is 0 Å². The van der Waals surface area contributed by atoms with Crippen LogP contribution in [-0.2, 0) is 0 Å². The van der Waals surface area contributed by atoms with Gasteiger partial charge in [-0.25, -0.2) is 4.79 Å². The Balaban J connectivity index is 1.76. The minimum Gasteiger partial charge on any atom is -0.378 e. The highest BCUT2D eigenvalue weighted by Crippen LogP contribution is 2.26. The highest BCUT2D eigenvalue weighted by atomic mass is 16.6. The first-order valence-electron chi connectivity index (χ1n) is 8.21. The van der Waals surface area contributed by atoms with Gasteiger partial charge in [0.05, 0.1) is 4.92 Å². The molecule has 1 atom stereocenters. The Labute approximate surface area is 145 Å². The molecule has 0 spiro atoms. The second-order valence-electron chi connectivity index (χ2n) is 6.01. The first kappa shape index (κ1) is 16.8. The average molecular weight is 340 g/mol. The Bertz CT molecular complexity index is 793. The average Bonchev–Trinajstić information content (AvgIpc) is 2.62. The van der Waals surface area contributed by atoms with Gasteiger partial charge in [0, 0.05) is 42.6 Å². The van der Waals surface area contributed by atoms with Crippen LogP contribution in [-0.4, -0.2) is 24.0 Å². The van der Waals surface area contributed by atoms with Crippen LogP contribution in [0.15, 0.2) is 48.5 Å². The molecule has 0 saturated carbocycles. The number of hydrogen-bond donors (Lipinski definition) is 2. The normalized spacial score (nSPS) is 15.4. The molecule has 1 fully saturated rings. The van der Waals surface area contributed by atoms with Crippen LogP contribution in [0.3, 0.4) is 0 Å². The molecule has 0 aromatic heterocycles. The zero-order valence-electron chi connectivity index (χ0n) is 13.9. The van der Waals surface area contributed by atoms with Crippen LogP contribution in [0.4, 0.5) is 21.9 Å². The van der Waals surface area contributed by atoms with Gasteiger partial charge in [0.15, 0.2) is 0 Å². The highest BCUT2D eigenvalue weighted by molar-refractivity contribution is 5.93. The molecule has 1 heterocycles. The minimum absolute atomic E-state index is 0.0740. The lowest BCUT2D eigenvalue weighted by atomic mass is 10.1. The molecule has 7 nitrogen and oxygen atoms in total. The van der Waals surface area contributed by atoms with E-state index in [0.29, 0.717) is 13.1 Å². The predicted molar refractivity (Wildman–Crippen MR) is 96.9 cm³/mol. The number of nitro benzene ring substituents is 1. The lowest BCUT2D eigenvalue weighted by Gasteiger charge is -2.28. The van der Waals surface area contributed by atoms with Crippen LogP contribution in [0, 0.1) is 10.1 Å². The molecule has 1 saturated heterocycles. The number of benzene rings is 2. The van der Waals surface area contributed by atoms with E-state index in [4.69, 9.17) is 0 Å². The molecule has 1 aliphatic rings. The van der Waals surface area contributed by atoms with Crippen LogP contribution in [0.2, 0.25) is 0 Å². The maximum absolute atomic E-state index is 12.0. The van der Waals surface area contributed by atoms with E-state index in [2.05, 4.69) is 10.6 Å². The first-order chi connectivity index (χ1) is 12.0. The van der Waals surface area contributed by atoms with E-state index in [1.54, 1.807) is 17.0 Å². The molecule has 7 heteroatoms. The van der Waals surface area contributed by atoms with E-state index in [1.807, 2.05) is 37.3 Å². The van der Waals surface area contributed by atoms with E-state index < -0.39 is 4.92 Å². The van der Waals surface area contributed by atoms with Crippen molar-refractivity contribution in [2.45, 2.75) is 19.4 Å². The number of amides is 2. The molecule has 1 unspecified atom stereocenters. The quantitative estimate of drug-likeness (QED) is 0.642. The van der Waals surface area contributed by atoms with Gasteiger partial charge in [-0.15, -0.1) is 0 Å². The summed E-state index contributed by atoms with van der Waals surface area (Å²) in [6, 6.07) is 14.0. The summed E-state index contributed by atoms with van der Waals surface area (Å²) in [7, 11) is 0. The predicted octanol–water partition coefficient (Wildman–Crippen LogP) is 3.69. The molecule has 130 valence electrons. The van der Waals surface area contributed by atoms with Gasteiger partial charge in [0.25, 0.3) is 5.69 Å². The smallest absolute Gasteiger partial charge is 0.321 e. The molecule has 1 aliphatic heterocycles. The summed E-state index contributed by atoms with van der Waals surface area (Å²) in [5, 5.41) is 17.1. The van der Waals surface area contributed by atoms with Crippen molar-refractivity contribution >= 4 is 23.1 Å². The van der Waals surface area contributed by atoms with E-state index in [9.17, 15) is 14.9 Å².